The first-order valence-corrected chi connectivity index (χ1v) is 5.83. The Morgan fingerprint density at radius 3 is 2.79 bits per heavy atom. The fourth-order valence-corrected chi connectivity index (χ4v) is 2.77. The van der Waals surface area contributed by atoms with E-state index in [0.717, 1.165) is 21.2 Å². The molecule has 0 aromatic carbocycles. The van der Waals surface area contributed by atoms with Gasteiger partial charge in [-0.05, 0) is 34.3 Å². The van der Waals surface area contributed by atoms with Gasteiger partial charge in [0.2, 0.25) is 0 Å². The molecule has 0 radical (unpaired) electrons. The van der Waals surface area contributed by atoms with Crippen LogP contribution in [0.3, 0.4) is 0 Å². The highest BCUT2D eigenvalue weighted by molar-refractivity contribution is 9.10. The number of hydrogen-bond acceptors (Lipinski definition) is 2. The molecule has 0 saturated heterocycles. The maximum absolute atomic E-state index is 11.2. The number of hydrogen-bond donors (Lipinski definition) is 1. The molecule has 2 aromatic heterocycles. The van der Waals surface area contributed by atoms with Crippen molar-refractivity contribution in [2.45, 2.75) is 6.92 Å². The third-order valence-corrected chi connectivity index (χ3v) is 3.72. The van der Waals surface area contributed by atoms with Crippen LogP contribution in [0, 0.1) is 6.92 Å². The maximum Gasteiger partial charge on any atom is 0.250 e. The van der Waals surface area contributed by atoms with Crippen LogP contribution in [0.4, 0.5) is 0 Å². The molecular weight excluding hydrogens is 262 g/mol. The largest absolute Gasteiger partial charge is 0.328 e. The minimum Gasteiger partial charge on any atom is -0.328 e. The summed E-state index contributed by atoms with van der Waals surface area (Å²) in [7, 11) is 0. The molecule has 0 aliphatic carbocycles. The predicted octanol–water partition coefficient (Wildman–Crippen LogP) is 3.17. The number of nitrogens with one attached hydrogen (secondary N) is 1. The zero-order chi connectivity index (χ0) is 10.1. The second kappa shape index (κ2) is 3.71. The molecule has 0 aliphatic heterocycles. The van der Waals surface area contributed by atoms with Crippen molar-refractivity contribution < 1.29 is 0 Å². The molecule has 0 saturated carbocycles. The number of pyridine rings is 1. The lowest BCUT2D eigenvalue weighted by Crippen LogP contribution is -2.07. The number of rotatable bonds is 1. The van der Waals surface area contributed by atoms with Gasteiger partial charge in [-0.1, -0.05) is 0 Å². The summed E-state index contributed by atoms with van der Waals surface area (Å²) in [6.07, 6.45) is 1.74. The van der Waals surface area contributed by atoms with Crippen LogP contribution in [0.5, 0.6) is 0 Å². The Kier molecular flexibility index (Phi) is 2.56. The zero-order valence-electron chi connectivity index (χ0n) is 7.50. The SMILES string of the molecule is Cc1cc(-c2cscc2Br)c[nH]c1=O. The lowest BCUT2D eigenvalue weighted by Gasteiger charge is -1.99. The molecule has 0 bridgehead atoms. The van der Waals surface area contributed by atoms with Gasteiger partial charge in [-0.3, -0.25) is 4.79 Å². The van der Waals surface area contributed by atoms with Gasteiger partial charge in [0.05, 0.1) is 0 Å². The van der Waals surface area contributed by atoms with E-state index in [-0.39, 0.29) is 5.56 Å². The summed E-state index contributed by atoms with van der Waals surface area (Å²) in [6, 6.07) is 1.89. The summed E-state index contributed by atoms with van der Waals surface area (Å²) < 4.78 is 1.06. The fourth-order valence-electron chi connectivity index (χ4n) is 1.24. The van der Waals surface area contributed by atoms with Crippen molar-refractivity contribution in [2.75, 3.05) is 0 Å². The summed E-state index contributed by atoms with van der Waals surface area (Å²) in [4.78, 5) is 13.9. The highest BCUT2D eigenvalue weighted by Crippen LogP contribution is 2.30. The number of H-pyrrole nitrogens is 1. The molecule has 72 valence electrons. The number of aromatic amines is 1. The Hall–Kier alpha value is -0.870. The molecular formula is C10H8BrNOS. The van der Waals surface area contributed by atoms with Crippen LogP contribution in [0.1, 0.15) is 5.56 Å². The molecule has 0 fully saturated rings. The van der Waals surface area contributed by atoms with E-state index in [2.05, 4.69) is 26.3 Å². The maximum atomic E-state index is 11.2. The average Bonchev–Trinajstić information content (AvgIpc) is 2.57. The normalized spacial score (nSPS) is 10.4. The van der Waals surface area contributed by atoms with E-state index in [1.807, 2.05) is 18.4 Å². The number of halogens is 1. The van der Waals surface area contributed by atoms with Gasteiger partial charge in [0, 0.05) is 32.7 Å². The van der Waals surface area contributed by atoms with Crippen molar-refractivity contribution >= 4 is 27.3 Å². The quantitative estimate of drug-likeness (QED) is 0.848. The van der Waals surface area contributed by atoms with Gasteiger partial charge in [-0.2, -0.15) is 11.3 Å². The molecule has 2 aromatic rings. The molecule has 0 unspecified atom stereocenters. The van der Waals surface area contributed by atoms with E-state index in [9.17, 15) is 4.79 Å². The van der Waals surface area contributed by atoms with E-state index >= 15 is 0 Å². The number of aryl methyl sites for hydroxylation is 1. The minimum atomic E-state index is -0.0277. The van der Waals surface area contributed by atoms with Crippen molar-refractivity contribution in [3.05, 3.63) is 43.4 Å². The predicted molar refractivity (Wildman–Crippen MR) is 62.8 cm³/mol. The van der Waals surface area contributed by atoms with Crippen LogP contribution in [0.15, 0.2) is 32.3 Å². The van der Waals surface area contributed by atoms with Crippen molar-refractivity contribution in [1.29, 1.82) is 0 Å². The Balaban J connectivity index is 2.59. The van der Waals surface area contributed by atoms with E-state index in [4.69, 9.17) is 0 Å². The van der Waals surface area contributed by atoms with Crippen LogP contribution < -0.4 is 5.56 Å². The number of thiophene rings is 1. The Morgan fingerprint density at radius 2 is 2.21 bits per heavy atom. The van der Waals surface area contributed by atoms with Crippen molar-refractivity contribution in [3.8, 4) is 11.1 Å². The van der Waals surface area contributed by atoms with E-state index in [0.29, 0.717) is 0 Å². The van der Waals surface area contributed by atoms with Crippen molar-refractivity contribution in [3.63, 3.8) is 0 Å². The average molecular weight is 270 g/mol. The molecule has 0 amide bonds. The monoisotopic (exact) mass is 269 g/mol. The summed E-state index contributed by atoms with van der Waals surface area (Å²) in [5.41, 5.74) is 2.87. The second-order valence-corrected chi connectivity index (χ2v) is 4.63. The van der Waals surface area contributed by atoms with E-state index in [1.165, 1.54) is 0 Å². The van der Waals surface area contributed by atoms with Gasteiger partial charge in [-0.25, -0.2) is 0 Å². The summed E-state index contributed by atoms with van der Waals surface area (Å²) in [5.74, 6) is 0. The second-order valence-electron chi connectivity index (χ2n) is 3.03. The minimum absolute atomic E-state index is 0.0277. The molecule has 2 nitrogen and oxygen atoms in total. The lowest BCUT2D eigenvalue weighted by atomic mass is 10.1. The third-order valence-electron chi connectivity index (χ3n) is 2.01. The molecule has 2 rings (SSSR count). The first-order valence-electron chi connectivity index (χ1n) is 4.10. The van der Waals surface area contributed by atoms with E-state index < -0.39 is 0 Å². The molecule has 2 heterocycles. The molecule has 14 heavy (non-hydrogen) atoms. The highest BCUT2D eigenvalue weighted by atomic mass is 79.9. The van der Waals surface area contributed by atoms with Crippen molar-refractivity contribution in [2.24, 2.45) is 0 Å². The van der Waals surface area contributed by atoms with E-state index in [1.54, 1.807) is 17.5 Å². The first kappa shape index (κ1) is 9.68. The Morgan fingerprint density at radius 1 is 1.43 bits per heavy atom. The smallest absolute Gasteiger partial charge is 0.250 e. The topological polar surface area (TPSA) is 32.9 Å². The van der Waals surface area contributed by atoms with Gasteiger partial charge >= 0.3 is 0 Å². The van der Waals surface area contributed by atoms with Gasteiger partial charge in [-0.15, -0.1) is 0 Å². The Bertz CT molecular complexity index is 515. The molecule has 1 N–H and O–H groups in total. The molecule has 0 aliphatic rings. The highest BCUT2D eigenvalue weighted by Gasteiger charge is 2.04. The third kappa shape index (κ3) is 1.67. The van der Waals surface area contributed by atoms with Gasteiger partial charge in [0.1, 0.15) is 0 Å². The van der Waals surface area contributed by atoms with Crippen molar-refractivity contribution in [1.82, 2.24) is 4.98 Å². The summed E-state index contributed by atoms with van der Waals surface area (Å²) >= 11 is 5.10. The van der Waals surface area contributed by atoms with Gasteiger partial charge in [0.15, 0.2) is 0 Å². The Labute approximate surface area is 93.7 Å². The number of aromatic nitrogens is 1. The van der Waals surface area contributed by atoms with Gasteiger partial charge < -0.3 is 4.98 Å². The standard InChI is InChI=1S/C10H8BrNOS/c1-6-2-7(3-12-10(6)13)8-4-14-5-9(8)11/h2-5H,1H3,(H,12,13). The van der Waals surface area contributed by atoms with Crippen LogP contribution in [-0.4, -0.2) is 4.98 Å². The van der Waals surface area contributed by atoms with Gasteiger partial charge in [0.25, 0.3) is 5.56 Å². The van der Waals surface area contributed by atoms with Crippen LogP contribution in [0.2, 0.25) is 0 Å². The van der Waals surface area contributed by atoms with Crippen LogP contribution in [0.25, 0.3) is 11.1 Å². The summed E-state index contributed by atoms with van der Waals surface area (Å²) in [5, 5.41) is 4.08. The van der Waals surface area contributed by atoms with Crippen LogP contribution >= 0.6 is 27.3 Å². The van der Waals surface area contributed by atoms with Crippen LogP contribution in [-0.2, 0) is 0 Å². The summed E-state index contributed by atoms with van der Waals surface area (Å²) in [6.45, 7) is 1.81. The lowest BCUT2D eigenvalue weighted by molar-refractivity contribution is 1.18. The zero-order valence-corrected chi connectivity index (χ0v) is 9.91. The fraction of sp³-hybridized carbons (Fsp3) is 0.100. The molecule has 0 spiro atoms. The first-order chi connectivity index (χ1) is 6.68. The molecule has 4 heteroatoms. The molecule has 0 atom stereocenters.